The Bertz CT molecular complexity index is 583. The summed E-state index contributed by atoms with van der Waals surface area (Å²) in [5.41, 5.74) is 5.64. The molecule has 23 heavy (non-hydrogen) atoms. The zero-order chi connectivity index (χ0) is 17.0. The van der Waals surface area contributed by atoms with Gasteiger partial charge in [0.1, 0.15) is 5.82 Å². The van der Waals surface area contributed by atoms with Gasteiger partial charge in [0, 0.05) is 18.8 Å². The van der Waals surface area contributed by atoms with E-state index in [9.17, 15) is 14.0 Å². The molecule has 1 aromatic rings. The SMILES string of the molecule is CC1CCC(N(C)C(=O)COC(=O)c2ccc(F)cc2N)CC1. The van der Waals surface area contributed by atoms with Crippen molar-refractivity contribution in [2.75, 3.05) is 19.4 Å². The maximum absolute atomic E-state index is 13.0. The lowest BCUT2D eigenvalue weighted by Crippen LogP contribution is -2.41. The van der Waals surface area contributed by atoms with Crippen molar-refractivity contribution in [3.63, 3.8) is 0 Å². The largest absolute Gasteiger partial charge is 0.452 e. The summed E-state index contributed by atoms with van der Waals surface area (Å²) in [6.45, 7) is 1.88. The van der Waals surface area contributed by atoms with Crippen LogP contribution in [0, 0.1) is 11.7 Å². The Morgan fingerprint density at radius 1 is 1.30 bits per heavy atom. The maximum Gasteiger partial charge on any atom is 0.340 e. The van der Waals surface area contributed by atoms with Gasteiger partial charge in [0.2, 0.25) is 0 Å². The Kier molecular flexibility index (Phi) is 5.58. The molecule has 0 aliphatic heterocycles. The number of amides is 1. The molecule has 1 amide bonds. The van der Waals surface area contributed by atoms with Gasteiger partial charge in [-0.05, 0) is 49.8 Å². The molecule has 0 aromatic heterocycles. The maximum atomic E-state index is 13.0. The van der Waals surface area contributed by atoms with E-state index in [1.807, 2.05) is 0 Å². The summed E-state index contributed by atoms with van der Waals surface area (Å²) in [6, 6.07) is 3.63. The Balaban J connectivity index is 1.87. The van der Waals surface area contributed by atoms with Gasteiger partial charge in [0.25, 0.3) is 5.91 Å². The number of nitrogen functional groups attached to an aromatic ring is 1. The summed E-state index contributed by atoms with van der Waals surface area (Å²) in [4.78, 5) is 25.7. The summed E-state index contributed by atoms with van der Waals surface area (Å²) < 4.78 is 18.0. The first-order valence-corrected chi connectivity index (χ1v) is 7.86. The van der Waals surface area contributed by atoms with E-state index in [0.29, 0.717) is 5.92 Å². The predicted octanol–water partition coefficient (Wildman–Crippen LogP) is 2.60. The van der Waals surface area contributed by atoms with Gasteiger partial charge in [-0.15, -0.1) is 0 Å². The van der Waals surface area contributed by atoms with Crippen molar-refractivity contribution >= 4 is 17.6 Å². The van der Waals surface area contributed by atoms with Crippen LogP contribution in [0.15, 0.2) is 18.2 Å². The molecule has 0 radical (unpaired) electrons. The molecule has 2 N–H and O–H groups in total. The molecule has 0 atom stereocenters. The molecule has 1 aliphatic rings. The van der Waals surface area contributed by atoms with E-state index in [1.54, 1.807) is 11.9 Å². The van der Waals surface area contributed by atoms with E-state index >= 15 is 0 Å². The molecular formula is C17H23FN2O3. The van der Waals surface area contributed by atoms with Crippen LogP contribution >= 0.6 is 0 Å². The molecule has 0 heterocycles. The van der Waals surface area contributed by atoms with Crippen molar-refractivity contribution in [1.82, 2.24) is 4.90 Å². The number of nitrogens with two attached hydrogens (primary N) is 1. The van der Waals surface area contributed by atoms with Gasteiger partial charge in [0.05, 0.1) is 5.56 Å². The van der Waals surface area contributed by atoms with Gasteiger partial charge in [-0.1, -0.05) is 6.92 Å². The molecule has 1 aromatic carbocycles. The van der Waals surface area contributed by atoms with E-state index in [4.69, 9.17) is 10.5 Å². The van der Waals surface area contributed by atoms with Gasteiger partial charge >= 0.3 is 5.97 Å². The number of carbonyl (C=O) groups is 2. The van der Waals surface area contributed by atoms with Crippen LogP contribution in [0.5, 0.6) is 0 Å². The molecule has 1 saturated carbocycles. The first-order chi connectivity index (χ1) is 10.9. The Morgan fingerprint density at radius 2 is 1.96 bits per heavy atom. The molecule has 1 aliphatic carbocycles. The van der Waals surface area contributed by atoms with Gasteiger partial charge in [0.15, 0.2) is 6.61 Å². The average Bonchev–Trinajstić information content (AvgIpc) is 2.52. The minimum atomic E-state index is -0.721. The zero-order valence-corrected chi connectivity index (χ0v) is 13.5. The molecule has 5 nitrogen and oxygen atoms in total. The van der Waals surface area contributed by atoms with Crippen LogP contribution in [0.25, 0.3) is 0 Å². The van der Waals surface area contributed by atoms with Gasteiger partial charge in [-0.3, -0.25) is 4.79 Å². The van der Waals surface area contributed by atoms with E-state index in [-0.39, 0.29) is 29.8 Å². The van der Waals surface area contributed by atoms with Crippen molar-refractivity contribution in [3.8, 4) is 0 Å². The number of halogens is 1. The monoisotopic (exact) mass is 322 g/mol. The minimum Gasteiger partial charge on any atom is -0.452 e. The van der Waals surface area contributed by atoms with Gasteiger partial charge in [-0.25, -0.2) is 9.18 Å². The predicted molar refractivity (Wildman–Crippen MR) is 85.3 cm³/mol. The van der Waals surface area contributed by atoms with Crippen LogP contribution < -0.4 is 5.73 Å². The van der Waals surface area contributed by atoms with Crippen LogP contribution in [0.3, 0.4) is 0 Å². The van der Waals surface area contributed by atoms with Gasteiger partial charge < -0.3 is 15.4 Å². The fourth-order valence-electron chi connectivity index (χ4n) is 2.86. The molecule has 1 fully saturated rings. The molecule has 0 saturated heterocycles. The van der Waals surface area contributed by atoms with Crippen LogP contribution in [-0.4, -0.2) is 36.5 Å². The topological polar surface area (TPSA) is 72.6 Å². The number of likely N-dealkylation sites (N-methyl/N-ethyl adjacent to an activating group) is 1. The van der Waals surface area contributed by atoms with Crippen molar-refractivity contribution < 1.29 is 18.7 Å². The second kappa shape index (κ2) is 7.44. The molecule has 0 spiro atoms. The zero-order valence-electron chi connectivity index (χ0n) is 13.5. The Hall–Kier alpha value is -2.11. The van der Waals surface area contributed by atoms with Crippen LogP contribution in [0.2, 0.25) is 0 Å². The summed E-state index contributed by atoms with van der Waals surface area (Å²) in [7, 11) is 1.74. The Labute approximate surface area is 135 Å². The highest BCUT2D eigenvalue weighted by Crippen LogP contribution is 2.26. The van der Waals surface area contributed by atoms with Gasteiger partial charge in [-0.2, -0.15) is 0 Å². The Morgan fingerprint density at radius 3 is 2.57 bits per heavy atom. The lowest BCUT2D eigenvalue weighted by atomic mass is 9.87. The molecule has 0 unspecified atom stereocenters. The van der Waals surface area contributed by atoms with Crippen molar-refractivity contribution in [2.24, 2.45) is 5.92 Å². The number of ether oxygens (including phenoxy) is 1. The minimum absolute atomic E-state index is 0.00271. The summed E-state index contributed by atoms with van der Waals surface area (Å²) >= 11 is 0. The number of carbonyl (C=O) groups excluding carboxylic acids is 2. The summed E-state index contributed by atoms with van der Waals surface area (Å²) in [6.07, 6.45) is 4.16. The highest BCUT2D eigenvalue weighted by atomic mass is 19.1. The number of esters is 1. The number of nitrogens with zero attached hydrogens (tertiary/aromatic N) is 1. The van der Waals surface area contributed by atoms with E-state index in [2.05, 4.69) is 6.92 Å². The normalized spacial score (nSPS) is 20.8. The van der Waals surface area contributed by atoms with Crippen LogP contribution in [0.1, 0.15) is 43.0 Å². The summed E-state index contributed by atoms with van der Waals surface area (Å²) in [5.74, 6) is -0.782. The first-order valence-electron chi connectivity index (χ1n) is 7.86. The fraction of sp³-hybridized carbons (Fsp3) is 0.529. The standard InChI is InChI=1S/C17H23FN2O3/c1-11-3-6-13(7-4-11)20(2)16(21)10-23-17(22)14-8-5-12(18)9-15(14)19/h5,8-9,11,13H,3-4,6-7,10,19H2,1-2H3. The number of benzene rings is 1. The number of hydrogen-bond donors (Lipinski definition) is 1. The van der Waals surface area contributed by atoms with Crippen molar-refractivity contribution in [3.05, 3.63) is 29.6 Å². The second-order valence-corrected chi connectivity index (χ2v) is 6.23. The van der Waals surface area contributed by atoms with Crippen LogP contribution in [0.4, 0.5) is 10.1 Å². The lowest BCUT2D eigenvalue weighted by molar-refractivity contribution is -0.136. The number of rotatable bonds is 4. The highest BCUT2D eigenvalue weighted by Gasteiger charge is 2.25. The fourth-order valence-corrected chi connectivity index (χ4v) is 2.86. The van der Waals surface area contributed by atoms with Crippen molar-refractivity contribution in [2.45, 2.75) is 38.6 Å². The second-order valence-electron chi connectivity index (χ2n) is 6.23. The van der Waals surface area contributed by atoms with Crippen molar-refractivity contribution in [1.29, 1.82) is 0 Å². The molecule has 0 bridgehead atoms. The summed E-state index contributed by atoms with van der Waals surface area (Å²) in [5, 5.41) is 0. The third kappa shape index (κ3) is 4.43. The lowest BCUT2D eigenvalue weighted by Gasteiger charge is -2.33. The molecule has 126 valence electrons. The third-order valence-electron chi connectivity index (χ3n) is 4.49. The third-order valence-corrected chi connectivity index (χ3v) is 4.49. The quantitative estimate of drug-likeness (QED) is 0.683. The van der Waals surface area contributed by atoms with E-state index in [0.717, 1.165) is 37.8 Å². The molecule has 6 heteroatoms. The molecule has 2 rings (SSSR count). The van der Waals surface area contributed by atoms with E-state index < -0.39 is 11.8 Å². The number of hydrogen-bond acceptors (Lipinski definition) is 4. The molecular weight excluding hydrogens is 299 g/mol. The number of anilines is 1. The average molecular weight is 322 g/mol. The highest BCUT2D eigenvalue weighted by molar-refractivity contribution is 5.96. The van der Waals surface area contributed by atoms with E-state index in [1.165, 1.54) is 6.07 Å². The van der Waals surface area contributed by atoms with Crippen LogP contribution in [-0.2, 0) is 9.53 Å². The smallest absolute Gasteiger partial charge is 0.340 e. The first kappa shape index (κ1) is 17.2.